The van der Waals surface area contributed by atoms with Crippen LogP contribution in [0.5, 0.6) is 11.5 Å². The summed E-state index contributed by atoms with van der Waals surface area (Å²) < 4.78 is 25.2. The van der Waals surface area contributed by atoms with E-state index in [0.717, 1.165) is 11.3 Å². The molecule has 0 fully saturated rings. The van der Waals surface area contributed by atoms with Crippen molar-refractivity contribution in [3.05, 3.63) is 88.7 Å². The Kier molecular flexibility index (Phi) is 5.97. The Bertz CT molecular complexity index is 868. The Morgan fingerprint density at radius 2 is 1.65 bits per heavy atom. The highest BCUT2D eigenvalue weighted by atomic mass is 35.5. The van der Waals surface area contributed by atoms with Crippen LogP contribution in [0.25, 0.3) is 0 Å². The second-order valence-electron chi connectivity index (χ2n) is 5.69. The molecule has 0 bridgehead atoms. The normalized spacial score (nSPS) is 10.4. The zero-order chi connectivity index (χ0) is 18.4. The first-order valence-corrected chi connectivity index (χ1v) is 8.56. The Morgan fingerprint density at radius 3 is 2.38 bits per heavy atom. The van der Waals surface area contributed by atoms with Gasteiger partial charge in [0.25, 0.3) is 0 Å². The Morgan fingerprint density at radius 1 is 0.923 bits per heavy atom. The summed E-state index contributed by atoms with van der Waals surface area (Å²) in [5, 5.41) is 4.01. The highest BCUT2D eigenvalue weighted by Crippen LogP contribution is 2.32. The summed E-state index contributed by atoms with van der Waals surface area (Å²) >= 11 is 5.91. The fraction of sp³-hybridized carbons (Fsp3) is 0.143. The van der Waals surface area contributed by atoms with Gasteiger partial charge in [-0.3, -0.25) is 0 Å². The largest absolute Gasteiger partial charge is 0.493 e. The average Bonchev–Trinajstić information content (AvgIpc) is 2.67. The fourth-order valence-electron chi connectivity index (χ4n) is 2.56. The first kappa shape index (κ1) is 18.1. The van der Waals surface area contributed by atoms with Gasteiger partial charge in [0.15, 0.2) is 11.5 Å². The number of methoxy groups -OCH3 is 1. The predicted octanol–water partition coefficient (Wildman–Crippen LogP) is 5.68. The van der Waals surface area contributed by atoms with E-state index in [1.54, 1.807) is 25.3 Å². The summed E-state index contributed by atoms with van der Waals surface area (Å²) in [6, 6.07) is 19.7. The Labute approximate surface area is 157 Å². The molecule has 26 heavy (non-hydrogen) atoms. The third-order valence-corrected chi connectivity index (χ3v) is 4.19. The van der Waals surface area contributed by atoms with Crippen molar-refractivity contribution in [2.75, 3.05) is 12.4 Å². The van der Waals surface area contributed by atoms with E-state index in [1.165, 1.54) is 6.07 Å². The Balaban J connectivity index is 1.77. The lowest BCUT2D eigenvalue weighted by atomic mass is 10.1. The molecular formula is C21H19ClFNO2. The van der Waals surface area contributed by atoms with Crippen molar-refractivity contribution in [3.8, 4) is 11.5 Å². The van der Waals surface area contributed by atoms with Gasteiger partial charge in [-0.25, -0.2) is 4.39 Å². The molecule has 0 aliphatic rings. The lowest BCUT2D eigenvalue weighted by Crippen LogP contribution is -2.06. The van der Waals surface area contributed by atoms with Gasteiger partial charge < -0.3 is 14.8 Å². The summed E-state index contributed by atoms with van der Waals surface area (Å²) in [5.74, 6) is 0.916. The van der Waals surface area contributed by atoms with Gasteiger partial charge in [-0.05, 0) is 36.4 Å². The van der Waals surface area contributed by atoms with Crippen LogP contribution in [0.15, 0.2) is 66.7 Å². The summed E-state index contributed by atoms with van der Waals surface area (Å²) in [6.07, 6.45) is 0. The van der Waals surface area contributed by atoms with Crippen molar-refractivity contribution in [3.63, 3.8) is 0 Å². The van der Waals surface area contributed by atoms with Gasteiger partial charge in [-0.1, -0.05) is 41.9 Å². The lowest BCUT2D eigenvalue weighted by Gasteiger charge is -2.16. The molecule has 0 saturated carbocycles. The third kappa shape index (κ3) is 4.46. The van der Waals surface area contributed by atoms with Crippen molar-refractivity contribution in [2.45, 2.75) is 13.2 Å². The molecular weight excluding hydrogens is 353 g/mol. The quantitative estimate of drug-likeness (QED) is 0.579. The van der Waals surface area contributed by atoms with Gasteiger partial charge >= 0.3 is 0 Å². The maximum absolute atomic E-state index is 13.8. The molecule has 0 heterocycles. The van der Waals surface area contributed by atoms with Gasteiger partial charge in [0.1, 0.15) is 12.4 Å². The number of hydrogen-bond donors (Lipinski definition) is 1. The maximum Gasteiger partial charge on any atom is 0.166 e. The average molecular weight is 372 g/mol. The van der Waals surface area contributed by atoms with E-state index < -0.39 is 0 Å². The molecule has 0 aliphatic carbocycles. The highest BCUT2D eigenvalue weighted by Gasteiger charge is 2.12. The predicted molar refractivity (Wildman–Crippen MR) is 103 cm³/mol. The number of benzene rings is 3. The monoisotopic (exact) mass is 371 g/mol. The van der Waals surface area contributed by atoms with E-state index in [9.17, 15) is 4.39 Å². The van der Waals surface area contributed by atoms with Gasteiger partial charge in [-0.15, -0.1) is 0 Å². The molecule has 3 nitrogen and oxygen atoms in total. The van der Waals surface area contributed by atoms with Gasteiger partial charge in [-0.2, -0.15) is 0 Å². The molecule has 0 spiro atoms. The van der Waals surface area contributed by atoms with E-state index >= 15 is 0 Å². The molecule has 3 aromatic rings. The molecule has 0 amide bonds. The number of anilines is 1. The van der Waals surface area contributed by atoms with E-state index in [-0.39, 0.29) is 12.4 Å². The standard InChI is InChI=1S/C21H19ClFNO2/c1-25-20-8-4-6-15(13-24-18-11-9-17(22)10-12-18)21(20)26-14-16-5-2-3-7-19(16)23/h2-12,24H,13-14H2,1H3. The molecule has 0 unspecified atom stereocenters. The summed E-state index contributed by atoms with van der Waals surface area (Å²) in [4.78, 5) is 0. The van der Waals surface area contributed by atoms with E-state index in [0.29, 0.717) is 28.6 Å². The van der Waals surface area contributed by atoms with E-state index in [1.807, 2.05) is 42.5 Å². The highest BCUT2D eigenvalue weighted by molar-refractivity contribution is 6.30. The van der Waals surface area contributed by atoms with Crippen LogP contribution >= 0.6 is 11.6 Å². The second-order valence-corrected chi connectivity index (χ2v) is 6.13. The number of hydrogen-bond acceptors (Lipinski definition) is 3. The molecule has 134 valence electrons. The van der Waals surface area contributed by atoms with Crippen molar-refractivity contribution >= 4 is 17.3 Å². The molecule has 3 aromatic carbocycles. The molecule has 0 aromatic heterocycles. The molecule has 0 radical (unpaired) electrons. The van der Waals surface area contributed by atoms with Crippen LogP contribution in [0, 0.1) is 5.82 Å². The SMILES string of the molecule is COc1cccc(CNc2ccc(Cl)cc2)c1OCc1ccccc1F. The second kappa shape index (κ2) is 8.59. The van der Waals surface area contributed by atoms with Crippen molar-refractivity contribution < 1.29 is 13.9 Å². The molecule has 3 rings (SSSR count). The topological polar surface area (TPSA) is 30.5 Å². The third-order valence-electron chi connectivity index (χ3n) is 3.94. The van der Waals surface area contributed by atoms with Crippen LogP contribution in [-0.2, 0) is 13.2 Å². The Hall–Kier alpha value is -2.72. The minimum absolute atomic E-state index is 0.126. The lowest BCUT2D eigenvalue weighted by molar-refractivity contribution is 0.277. The summed E-state index contributed by atoms with van der Waals surface area (Å²) in [5.41, 5.74) is 2.35. The summed E-state index contributed by atoms with van der Waals surface area (Å²) in [7, 11) is 1.59. The minimum Gasteiger partial charge on any atom is -0.493 e. The van der Waals surface area contributed by atoms with Crippen molar-refractivity contribution in [1.82, 2.24) is 0 Å². The minimum atomic E-state index is -0.289. The van der Waals surface area contributed by atoms with Crippen LogP contribution in [0.4, 0.5) is 10.1 Å². The van der Waals surface area contributed by atoms with Crippen LogP contribution in [-0.4, -0.2) is 7.11 Å². The first-order valence-electron chi connectivity index (χ1n) is 8.19. The van der Waals surface area contributed by atoms with Crippen LogP contribution in [0.2, 0.25) is 5.02 Å². The van der Waals surface area contributed by atoms with E-state index in [2.05, 4.69) is 5.32 Å². The molecule has 0 aliphatic heterocycles. The number of para-hydroxylation sites is 1. The molecule has 0 saturated heterocycles. The van der Waals surface area contributed by atoms with Gasteiger partial charge in [0.2, 0.25) is 0 Å². The first-order chi connectivity index (χ1) is 12.7. The summed E-state index contributed by atoms with van der Waals surface area (Å²) in [6.45, 7) is 0.659. The zero-order valence-electron chi connectivity index (χ0n) is 14.3. The molecule has 1 N–H and O–H groups in total. The van der Waals surface area contributed by atoms with Gasteiger partial charge in [0.05, 0.1) is 7.11 Å². The number of rotatable bonds is 7. The molecule has 5 heteroatoms. The van der Waals surface area contributed by atoms with E-state index in [4.69, 9.17) is 21.1 Å². The zero-order valence-corrected chi connectivity index (χ0v) is 15.1. The smallest absolute Gasteiger partial charge is 0.166 e. The van der Waals surface area contributed by atoms with Crippen molar-refractivity contribution in [1.29, 1.82) is 0 Å². The maximum atomic E-state index is 13.8. The van der Waals surface area contributed by atoms with Gasteiger partial charge in [0, 0.05) is 28.4 Å². The fourth-order valence-corrected chi connectivity index (χ4v) is 2.68. The van der Waals surface area contributed by atoms with Crippen molar-refractivity contribution in [2.24, 2.45) is 0 Å². The number of ether oxygens (including phenoxy) is 2. The number of nitrogens with one attached hydrogen (secondary N) is 1. The van der Waals surface area contributed by atoms with Crippen LogP contribution in [0.3, 0.4) is 0 Å². The van der Waals surface area contributed by atoms with Crippen LogP contribution in [0.1, 0.15) is 11.1 Å². The van der Waals surface area contributed by atoms with Crippen LogP contribution < -0.4 is 14.8 Å². The number of halogens is 2. The molecule has 0 atom stereocenters.